The smallest absolute Gasteiger partial charge is 0.110 e. The third-order valence-electron chi connectivity index (χ3n) is 2.98. The van der Waals surface area contributed by atoms with Gasteiger partial charge in [0, 0.05) is 0 Å². The van der Waals surface area contributed by atoms with Crippen LogP contribution in [0.1, 0.15) is 46.5 Å². The molecule has 2 heteroatoms. The largest absolute Gasteiger partial charge is 0.394 e. The fourth-order valence-corrected chi connectivity index (χ4v) is 1.84. The van der Waals surface area contributed by atoms with Crippen LogP contribution in [0.15, 0.2) is 11.6 Å². The summed E-state index contributed by atoms with van der Waals surface area (Å²) in [5.41, 5.74) is 1.43. The van der Waals surface area contributed by atoms with Gasteiger partial charge in [0.1, 0.15) is 6.10 Å². The van der Waals surface area contributed by atoms with Crippen molar-refractivity contribution in [2.24, 2.45) is 0 Å². The van der Waals surface area contributed by atoms with Crippen LogP contribution in [0.3, 0.4) is 0 Å². The van der Waals surface area contributed by atoms with E-state index in [0.717, 1.165) is 12.8 Å². The lowest BCUT2D eigenvalue weighted by Gasteiger charge is -2.03. The highest BCUT2D eigenvalue weighted by Crippen LogP contribution is 2.39. The Morgan fingerprint density at radius 2 is 2.29 bits per heavy atom. The van der Waals surface area contributed by atoms with Crippen LogP contribution in [0.25, 0.3) is 0 Å². The van der Waals surface area contributed by atoms with Crippen LogP contribution >= 0.6 is 0 Å². The summed E-state index contributed by atoms with van der Waals surface area (Å²) in [6.45, 7) is 6.62. The summed E-state index contributed by atoms with van der Waals surface area (Å²) in [7, 11) is 0. The number of rotatable bonds is 6. The minimum Gasteiger partial charge on any atom is -0.394 e. The van der Waals surface area contributed by atoms with Crippen molar-refractivity contribution in [1.82, 2.24) is 0 Å². The molecule has 2 nitrogen and oxygen atoms in total. The molecule has 0 aliphatic carbocycles. The average Bonchev–Trinajstić information content (AvgIpc) is 2.78. The number of aliphatic hydroxyl groups excluding tert-OH is 1. The second-order valence-corrected chi connectivity index (χ2v) is 4.44. The Kier molecular flexibility index (Phi) is 4.14. The Morgan fingerprint density at radius 3 is 2.79 bits per heavy atom. The van der Waals surface area contributed by atoms with Crippen LogP contribution in [-0.4, -0.2) is 23.4 Å². The zero-order chi connectivity index (χ0) is 10.6. The molecule has 82 valence electrons. The molecule has 1 N–H and O–H groups in total. The third kappa shape index (κ3) is 3.10. The van der Waals surface area contributed by atoms with Crippen LogP contribution in [0.2, 0.25) is 0 Å². The Morgan fingerprint density at radius 1 is 1.57 bits per heavy atom. The monoisotopic (exact) mass is 198 g/mol. The predicted molar refractivity (Wildman–Crippen MR) is 58.3 cm³/mol. The highest BCUT2D eigenvalue weighted by atomic mass is 16.6. The molecule has 0 saturated carbocycles. The molecule has 1 heterocycles. The molecule has 1 aliphatic heterocycles. The molecular formula is C12H22O2. The van der Waals surface area contributed by atoms with Crippen LogP contribution in [0.5, 0.6) is 0 Å². The number of ether oxygens (including phenoxy) is 1. The van der Waals surface area contributed by atoms with Crippen LogP contribution < -0.4 is 0 Å². The van der Waals surface area contributed by atoms with Gasteiger partial charge < -0.3 is 9.84 Å². The first-order valence-electron chi connectivity index (χ1n) is 5.56. The normalized spacial score (nSPS) is 32.0. The molecule has 1 aliphatic rings. The van der Waals surface area contributed by atoms with Gasteiger partial charge >= 0.3 is 0 Å². The Labute approximate surface area is 87.0 Å². The zero-order valence-electron chi connectivity index (χ0n) is 9.55. The first-order valence-corrected chi connectivity index (χ1v) is 5.56. The predicted octanol–water partition coefficient (Wildman–Crippen LogP) is 2.66. The summed E-state index contributed by atoms with van der Waals surface area (Å²) in [4.78, 5) is 0. The van der Waals surface area contributed by atoms with E-state index in [1.807, 2.05) is 0 Å². The standard InChI is InChI=1S/C12H22O2/c1-4-6-10(2)7-5-8-12(3)11(9-13)14-12/h7,11,13H,4-6,8-9H2,1-3H3/b10-7+. The molecule has 1 fully saturated rings. The van der Waals surface area contributed by atoms with Crippen LogP contribution in [-0.2, 0) is 4.74 Å². The van der Waals surface area contributed by atoms with E-state index in [1.54, 1.807) is 0 Å². The SMILES string of the molecule is CCC/C(C)=C/CCC1(C)OC1CO. The molecule has 1 rings (SSSR count). The molecule has 0 radical (unpaired) electrons. The maximum atomic E-state index is 8.89. The van der Waals surface area contributed by atoms with E-state index in [2.05, 4.69) is 26.8 Å². The first kappa shape index (κ1) is 11.7. The second kappa shape index (κ2) is 4.94. The minimum atomic E-state index is -0.0439. The summed E-state index contributed by atoms with van der Waals surface area (Å²) in [6, 6.07) is 0. The lowest BCUT2D eigenvalue weighted by Crippen LogP contribution is -2.11. The molecule has 0 amide bonds. The Balaban J connectivity index is 2.19. The highest BCUT2D eigenvalue weighted by molar-refractivity contribution is 5.03. The van der Waals surface area contributed by atoms with Gasteiger partial charge in [0.05, 0.1) is 12.2 Å². The number of hydrogen-bond acceptors (Lipinski definition) is 2. The van der Waals surface area contributed by atoms with E-state index in [1.165, 1.54) is 18.4 Å². The van der Waals surface area contributed by atoms with Gasteiger partial charge in [-0.15, -0.1) is 0 Å². The Hall–Kier alpha value is -0.340. The van der Waals surface area contributed by atoms with E-state index in [4.69, 9.17) is 9.84 Å². The van der Waals surface area contributed by atoms with Gasteiger partial charge in [0.15, 0.2) is 0 Å². The van der Waals surface area contributed by atoms with Gasteiger partial charge in [-0.05, 0) is 33.1 Å². The van der Waals surface area contributed by atoms with Gasteiger partial charge in [-0.1, -0.05) is 25.0 Å². The fourth-order valence-electron chi connectivity index (χ4n) is 1.84. The van der Waals surface area contributed by atoms with E-state index in [0.29, 0.717) is 0 Å². The highest BCUT2D eigenvalue weighted by Gasteiger charge is 2.50. The number of allylic oxidation sites excluding steroid dienone is 2. The molecule has 2 atom stereocenters. The van der Waals surface area contributed by atoms with E-state index in [-0.39, 0.29) is 18.3 Å². The summed E-state index contributed by atoms with van der Waals surface area (Å²) >= 11 is 0. The Bertz CT molecular complexity index is 210. The zero-order valence-corrected chi connectivity index (χ0v) is 9.55. The van der Waals surface area contributed by atoms with E-state index in [9.17, 15) is 0 Å². The lowest BCUT2D eigenvalue weighted by atomic mass is 10.0. The first-order chi connectivity index (χ1) is 6.62. The van der Waals surface area contributed by atoms with Crippen molar-refractivity contribution in [2.75, 3.05) is 6.61 Å². The molecule has 1 saturated heterocycles. The minimum absolute atomic E-state index is 0.0439. The molecular weight excluding hydrogens is 176 g/mol. The summed E-state index contributed by atoms with van der Waals surface area (Å²) in [5, 5.41) is 8.89. The molecule has 0 bridgehead atoms. The quantitative estimate of drug-likeness (QED) is 0.525. The molecule has 0 spiro atoms. The maximum absolute atomic E-state index is 8.89. The summed E-state index contributed by atoms with van der Waals surface area (Å²) < 4.78 is 5.42. The van der Waals surface area contributed by atoms with Crippen molar-refractivity contribution >= 4 is 0 Å². The van der Waals surface area contributed by atoms with Gasteiger partial charge in [-0.3, -0.25) is 0 Å². The third-order valence-corrected chi connectivity index (χ3v) is 2.98. The molecule has 0 aromatic carbocycles. The molecule has 0 aromatic heterocycles. The number of aliphatic hydroxyl groups is 1. The van der Waals surface area contributed by atoms with Crippen molar-refractivity contribution in [3.8, 4) is 0 Å². The lowest BCUT2D eigenvalue weighted by molar-refractivity contribution is 0.235. The van der Waals surface area contributed by atoms with Crippen molar-refractivity contribution in [2.45, 2.75) is 58.2 Å². The fraction of sp³-hybridized carbons (Fsp3) is 0.833. The molecule has 2 unspecified atom stereocenters. The molecule has 14 heavy (non-hydrogen) atoms. The van der Waals surface area contributed by atoms with Gasteiger partial charge in [0.25, 0.3) is 0 Å². The van der Waals surface area contributed by atoms with Gasteiger partial charge in [0.2, 0.25) is 0 Å². The summed E-state index contributed by atoms with van der Waals surface area (Å²) in [5.74, 6) is 0. The van der Waals surface area contributed by atoms with Crippen molar-refractivity contribution in [3.05, 3.63) is 11.6 Å². The average molecular weight is 198 g/mol. The number of epoxide rings is 1. The topological polar surface area (TPSA) is 32.8 Å². The molecule has 0 aromatic rings. The summed E-state index contributed by atoms with van der Waals surface area (Å²) in [6.07, 6.45) is 6.89. The van der Waals surface area contributed by atoms with E-state index < -0.39 is 0 Å². The van der Waals surface area contributed by atoms with E-state index >= 15 is 0 Å². The van der Waals surface area contributed by atoms with Crippen molar-refractivity contribution in [3.63, 3.8) is 0 Å². The number of hydrogen-bond donors (Lipinski definition) is 1. The van der Waals surface area contributed by atoms with Crippen LogP contribution in [0.4, 0.5) is 0 Å². The van der Waals surface area contributed by atoms with Gasteiger partial charge in [-0.2, -0.15) is 0 Å². The van der Waals surface area contributed by atoms with Crippen molar-refractivity contribution in [1.29, 1.82) is 0 Å². The van der Waals surface area contributed by atoms with Crippen molar-refractivity contribution < 1.29 is 9.84 Å². The second-order valence-electron chi connectivity index (χ2n) is 4.44. The van der Waals surface area contributed by atoms with Gasteiger partial charge in [-0.25, -0.2) is 0 Å². The van der Waals surface area contributed by atoms with Crippen LogP contribution in [0, 0.1) is 0 Å². The maximum Gasteiger partial charge on any atom is 0.110 e.